The van der Waals surface area contributed by atoms with Crippen molar-refractivity contribution in [2.24, 2.45) is 12.8 Å². The molecule has 0 aliphatic carbocycles. The van der Waals surface area contributed by atoms with Crippen molar-refractivity contribution in [1.82, 2.24) is 9.78 Å². The summed E-state index contributed by atoms with van der Waals surface area (Å²) >= 11 is 5.24. The van der Waals surface area contributed by atoms with Gasteiger partial charge in [0.15, 0.2) is 0 Å². The highest BCUT2D eigenvalue weighted by Crippen LogP contribution is 2.27. The SMILES string of the molecule is CCC(N)Cc1c(C)nn(C)c1N(C)Cc1csc(Br)c1. The van der Waals surface area contributed by atoms with Crippen LogP contribution in [-0.2, 0) is 20.0 Å². The highest BCUT2D eigenvalue weighted by molar-refractivity contribution is 9.11. The van der Waals surface area contributed by atoms with Crippen LogP contribution in [0.25, 0.3) is 0 Å². The zero-order valence-electron chi connectivity index (χ0n) is 13.1. The van der Waals surface area contributed by atoms with Crippen LogP contribution in [0, 0.1) is 6.92 Å². The maximum absolute atomic E-state index is 6.15. The molecule has 2 heterocycles. The van der Waals surface area contributed by atoms with Crippen LogP contribution in [-0.4, -0.2) is 22.9 Å². The minimum absolute atomic E-state index is 0.190. The van der Waals surface area contributed by atoms with Crippen LogP contribution >= 0.6 is 27.3 Å². The van der Waals surface area contributed by atoms with Crippen molar-refractivity contribution in [3.05, 3.63) is 32.1 Å². The predicted molar refractivity (Wildman–Crippen MR) is 94.0 cm³/mol. The molecule has 0 aliphatic rings. The summed E-state index contributed by atoms with van der Waals surface area (Å²) < 4.78 is 3.13. The molecule has 0 aliphatic heterocycles. The van der Waals surface area contributed by atoms with E-state index in [4.69, 9.17) is 5.73 Å². The molecule has 0 bridgehead atoms. The quantitative estimate of drug-likeness (QED) is 0.846. The first kappa shape index (κ1) is 16.5. The van der Waals surface area contributed by atoms with E-state index in [-0.39, 0.29) is 6.04 Å². The van der Waals surface area contributed by atoms with E-state index in [1.165, 1.54) is 20.7 Å². The third kappa shape index (κ3) is 3.87. The van der Waals surface area contributed by atoms with Crippen LogP contribution in [0.4, 0.5) is 5.82 Å². The van der Waals surface area contributed by atoms with Gasteiger partial charge in [-0.2, -0.15) is 5.10 Å². The number of nitrogens with zero attached hydrogens (tertiary/aromatic N) is 3. The van der Waals surface area contributed by atoms with Gasteiger partial charge in [0.2, 0.25) is 0 Å². The van der Waals surface area contributed by atoms with Crippen LogP contribution in [0.2, 0.25) is 0 Å². The number of rotatable bonds is 6. The zero-order valence-corrected chi connectivity index (χ0v) is 15.5. The largest absolute Gasteiger partial charge is 0.355 e. The molecule has 116 valence electrons. The Bertz CT molecular complexity index is 605. The van der Waals surface area contributed by atoms with E-state index >= 15 is 0 Å². The van der Waals surface area contributed by atoms with Gasteiger partial charge in [-0.15, -0.1) is 11.3 Å². The molecule has 2 aromatic rings. The van der Waals surface area contributed by atoms with Crippen molar-refractivity contribution in [3.63, 3.8) is 0 Å². The van der Waals surface area contributed by atoms with Crippen molar-refractivity contribution in [2.75, 3.05) is 11.9 Å². The summed E-state index contributed by atoms with van der Waals surface area (Å²) in [6, 6.07) is 2.36. The Morgan fingerprint density at radius 1 is 1.52 bits per heavy atom. The number of anilines is 1. The predicted octanol–water partition coefficient (Wildman–Crippen LogP) is 3.47. The lowest BCUT2D eigenvalue weighted by atomic mass is 10.0. The van der Waals surface area contributed by atoms with Crippen LogP contribution in [0.1, 0.15) is 30.2 Å². The molecule has 6 heteroatoms. The first-order valence-corrected chi connectivity index (χ1v) is 8.81. The topological polar surface area (TPSA) is 47.1 Å². The molecule has 0 aromatic carbocycles. The molecule has 0 spiro atoms. The number of aromatic nitrogens is 2. The summed E-state index contributed by atoms with van der Waals surface area (Å²) in [6.45, 7) is 5.06. The van der Waals surface area contributed by atoms with E-state index in [1.54, 1.807) is 11.3 Å². The van der Waals surface area contributed by atoms with Gasteiger partial charge in [-0.3, -0.25) is 4.68 Å². The summed E-state index contributed by atoms with van der Waals surface area (Å²) in [5, 5.41) is 6.76. The van der Waals surface area contributed by atoms with Gasteiger partial charge >= 0.3 is 0 Å². The lowest BCUT2D eigenvalue weighted by Gasteiger charge is -2.21. The van der Waals surface area contributed by atoms with Crippen molar-refractivity contribution < 1.29 is 0 Å². The molecule has 0 saturated heterocycles. The minimum atomic E-state index is 0.190. The Kier molecular flexibility index (Phi) is 5.46. The van der Waals surface area contributed by atoms with Crippen molar-refractivity contribution in [3.8, 4) is 0 Å². The molecule has 2 N–H and O–H groups in total. The molecule has 0 radical (unpaired) electrons. The second kappa shape index (κ2) is 6.94. The van der Waals surface area contributed by atoms with Crippen molar-refractivity contribution in [1.29, 1.82) is 0 Å². The van der Waals surface area contributed by atoms with E-state index < -0.39 is 0 Å². The standard InChI is InChI=1S/C15H23BrN4S/c1-5-12(17)7-13-10(2)18-20(4)15(13)19(3)8-11-6-14(16)21-9-11/h6,9,12H,5,7-8,17H2,1-4H3. The highest BCUT2D eigenvalue weighted by atomic mass is 79.9. The van der Waals surface area contributed by atoms with Gasteiger partial charge in [0.25, 0.3) is 0 Å². The lowest BCUT2D eigenvalue weighted by Crippen LogP contribution is -2.25. The minimum Gasteiger partial charge on any atom is -0.355 e. The Morgan fingerprint density at radius 3 is 2.81 bits per heavy atom. The summed E-state index contributed by atoms with van der Waals surface area (Å²) in [7, 11) is 4.12. The summed E-state index contributed by atoms with van der Waals surface area (Å²) in [5.74, 6) is 1.17. The molecule has 21 heavy (non-hydrogen) atoms. The molecular formula is C15H23BrN4S. The van der Waals surface area contributed by atoms with Crippen LogP contribution in [0.3, 0.4) is 0 Å². The maximum atomic E-state index is 6.15. The van der Waals surface area contributed by atoms with Gasteiger partial charge in [0.1, 0.15) is 5.82 Å². The average Bonchev–Trinajstić information content (AvgIpc) is 2.93. The molecule has 0 saturated carbocycles. The third-order valence-electron chi connectivity index (χ3n) is 3.71. The summed E-state index contributed by atoms with van der Waals surface area (Å²) in [5.41, 5.74) is 9.80. The molecule has 1 atom stereocenters. The van der Waals surface area contributed by atoms with E-state index in [2.05, 4.69) is 58.3 Å². The Morgan fingerprint density at radius 2 is 2.24 bits per heavy atom. The number of aryl methyl sites for hydroxylation is 2. The Balaban J connectivity index is 2.25. The fraction of sp³-hybridized carbons (Fsp3) is 0.533. The lowest BCUT2D eigenvalue weighted by molar-refractivity contribution is 0.642. The van der Waals surface area contributed by atoms with E-state index in [1.807, 2.05) is 11.7 Å². The first-order chi connectivity index (χ1) is 9.92. The van der Waals surface area contributed by atoms with E-state index in [9.17, 15) is 0 Å². The van der Waals surface area contributed by atoms with Crippen molar-refractivity contribution in [2.45, 2.75) is 39.3 Å². The number of hydrogen-bond acceptors (Lipinski definition) is 4. The maximum Gasteiger partial charge on any atom is 0.130 e. The molecule has 4 nitrogen and oxygen atoms in total. The second-order valence-corrected chi connectivity index (χ2v) is 7.79. The molecule has 2 aromatic heterocycles. The molecule has 2 rings (SSSR count). The van der Waals surface area contributed by atoms with Crippen LogP contribution in [0.15, 0.2) is 15.2 Å². The first-order valence-electron chi connectivity index (χ1n) is 7.14. The summed E-state index contributed by atoms with van der Waals surface area (Å²) in [4.78, 5) is 2.26. The molecule has 0 fully saturated rings. The number of halogens is 1. The number of thiophene rings is 1. The van der Waals surface area contributed by atoms with Gasteiger partial charge < -0.3 is 10.6 Å². The van der Waals surface area contributed by atoms with Crippen LogP contribution < -0.4 is 10.6 Å². The Labute approximate surface area is 139 Å². The zero-order chi connectivity index (χ0) is 15.6. The van der Waals surface area contributed by atoms with Gasteiger partial charge in [-0.1, -0.05) is 6.92 Å². The third-order valence-corrected chi connectivity index (χ3v) is 5.26. The van der Waals surface area contributed by atoms with Crippen molar-refractivity contribution >= 4 is 33.1 Å². The fourth-order valence-corrected chi connectivity index (χ4v) is 3.79. The summed E-state index contributed by atoms with van der Waals surface area (Å²) in [6.07, 6.45) is 1.86. The average molecular weight is 371 g/mol. The van der Waals surface area contributed by atoms with Crippen LogP contribution in [0.5, 0.6) is 0 Å². The van der Waals surface area contributed by atoms with E-state index in [0.29, 0.717) is 0 Å². The van der Waals surface area contributed by atoms with Gasteiger partial charge in [-0.05, 0) is 52.7 Å². The number of hydrogen-bond donors (Lipinski definition) is 1. The number of nitrogens with two attached hydrogens (primary N) is 1. The molecule has 1 unspecified atom stereocenters. The monoisotopic (exact) mass is 370 g/mol. The van der Waals surface area contributed by atoms with Gasteiger partial charge in [0, 0.05) is 32.2 Å². The fourth-order valence-electron chi connectivity index (χ4n) is 2.59. The Hall–Kier alpha value is -0.850. The smallest absolute Gasteiger partial charge is 0.130 e. The second-order valence-electron chi connectivity index (χ2n) is 5.50. The normalized spacial score (nSPS) is 12.7. The van der Waals surface area contributed by atoms with Gasteiger partial charge in [-0.25, -0.2) is 0 Å². The van der Waals surface area contributed by atoms with E-state index in [0.717, 1.165) is 25.1 Å². The molecule has 0 amide bonds. The molecular weight excluding hydrogens is 348 g/mol. The highest BCUT2D eigenvalue weighted by Gasteiger charge is 2.19. The van der Waals surface area contributed by atoms with Gasteiger partial charge in [0.05, 0.1) is 9.48 Å².